The highest BCUT2D eigenvalue weighted by Crippen LogP contribution is 2.33. The van der Waals surface area contributed by atoms with Crippen LogP contribution in [-0.4, -0.2) is 46.7 Å². The molecule has 1 saturated heterocycles. The van der Waals surface area contributed by atoms with E-state index in [1.807, 2.05) is 22.9 Å². The smallest absolute Gasteiger partial charge is 0.263 e. The van der Waals surface area contributed by atoms with Gasteiger partial charge in [-0.1, -0.05) is 6.07 Å². The third-order valence-electron chi connectivity index (χ3n) is 4.78. The number of hydrogen-bond acceptors (Lipinski definition) is 6. The number of ether oxygens (including phenoxy) is 1. The Morgan fingerprint density at radius 3 is 2.85 bits per heavy atom. The molecule has 6 nitrogen and oxygen atoms in total. The van der Waals surface area contributed by atoms with E-state index >= 15 is 0 Å². The summed E-state index contributed by atoms with van der Waals surface area (Å²) in [6.45, 7) is 1.36. The van der Waals surface area contributed by atoms with Gasteiger partial charge in [0.1, 0.15) is 11.4 Å². The molecule has 0 bridgehead atoms. The number of amides is 1. The molecule has 26 heavy (non-hydrogen) atoms. The van der Waals surface area contributed by atoms with Gasteiger partial charge in [-0.3, -0.25) is 14.2 Å². The van der Waals surface area contributed by atoms with Crippen molar-refractivity contribution in [1.29, 1.82) is 0 Å². The van der Waals surface area contributed by atoms with Gasteiger partial charge in [0.15, 0.2) is 0 Å². The fraction of sp³-hybridized carbons (Fsp3) is 0.389. The highest BCUT2D eigenvalue weighted by molar-refractivity contribution is 7.18. The zero-order valence-electron chi connectivity index (χ0n) is 14.4. The fourth-order valence-electron chi connectivity index (χ4n) is 3.28. The van der Waals surface area contributed by atoms with Crippen molar-refractivity contribution in [3.63, 3.8) is 0 Å². The number of carbonyl (C=O) groups is 1. The van der Waals surface area contributed by atoms with Crippen LogP contribution in [0, 0.1) is 0 Å². The van der Waals surface area contributed by atoms with E-state index in [9.17, 15) is 9.59 Å². The molecule has 3 aromatic rings. The summed E-state index contributed by atoms with van der Waals surface area (Å²) in [5.41, 5.74) is 0.750. The Balaban J connectivity index is 1.59. The Labute approximate surface area is 158 Å². The second-order valence-electron chi connectivity index (χ2n) is 6.30. The number of aromatic nitrogens is 2. The first-order valence-electron chi connectivity index (χ1n) is 8.48. The number of fused-ring (bicyclic) bond motifs is 1. The quantitative estimate of drug-likeness (QED) is 0.688. The number of nitrogens with zero attached hydrogens (tertiary/aromatic N) is 3. The molecule has 3 aromatic heterocycles. The van der Waals surface area contributed by atoms with E-state index in [4.69, 9.17) is 4.74 Å². The van der Waals surface area contributed by atoms with Crippen molar-refractivity contribution in [3.8, 4) is 10.4 Å². The lowest BCUT2D eigenvalue weighted by molar-refractivity contribution is -0.134. The van der Waals surface area contributed by atoms with Crippen molar-refractivity contribution < 1.29 is 9.53 Å². The first-order valence-corrected chi connectivity index (χ1v) is 10.2. The van der Waals surface area contributed by atoms with Gasteiger partial charge < -0.3 is 9.64 Å². The molecule has 8 heteroatoms. The van der Waals surface area contributed by atoms with E-state index in [2.05, 4.69) is 4.98 Å². The van der Waals surface area contributed by atoms with Crippen molar-refractivity contribution >= 4 is 38.8 Å². The Morgan fingerprint density at radius 1 is 1.35 bits per heavy atom. The molecule has 1 aliphatic rings. The molecule has 1 amide bonds. The Hall–Kier alpha value is -2.03. The average molecular weight is 390 g/mol. The molecule has 0 aromatic carbocycles. The van der Waals surface area contributed by atoms with Crippen molar-refractivity contribution in [2.24, 2.45) is 0 Å². The number of thiophene rings is 2. The van der Waals surface area contributed by atoms with Crippen molar-refractivity contribution in [1.82, 2.24) is 14.5 Å². The molecule has 0 radical (unpaired) electrons. The Kier molecular flexibility index (Phi) is 4.88. The number of rotatable bonds is 4. The fourth-order valence-corrected chi connectivity index (χ4v) is 5.00. The van der Waals surface area contributed by atoms with Gasteiger partial charge in [0, 0.05) is 36.0 Å². The van der Waals surface area contributed by atoms with Gasteiger partial charge in [-0.2, -0.15) is 0 Å². The topological polar surface area (TPSA) is 64.4 Å². The molecular weight excluding hydrogens is 370 g/mol. The SMILES string of the molecule is COC1CCN(C(=O)Cn2cnc3scc(-c4cccs4)c3c2=O)CC1. The largest absolute Gasteiger partial charge is 0.381 e. The maximum atomic E-state index is 13.0. The van der Waals surface area contributed by atoms with Crippen LogP contribution < -0.4 is 5.56 Å². The molecule has 0 saturated carbocycles. The van der Waals surface area contributed by atoms with Gasteiger partial charge in [-0.15, -0.1) is 22.7 Å². The Bertz CT molecular complexity index is 969. The van der Waals surface area contributed by atoms with E-state index in [-0.39, 0.29) is 24.1 Å². The summed E-state index contributed by atoms with van der Waals surface area (Å²) in [4.78, 5) is 33.5. The first-order chi connectivity index (χ1) is 12.7. The standard InChI is InChI=1S/C18H19N3O3S2/c1-24-12-4-6-20(7-5-12)15(22)9-21-11-19-17-16(18(21)23)13(10-26-17)14-3-2-8-25-14/h2-3,8,10-12H,4-7,9H2,1H3. The van der Waals surface area contributed by atoms with Crippen LogP contribution in [-0.2, 0) is 16.1 Å². The lowest BCUT2D eigenvalue weighted by atomic mass is 10.1. The minimum atomic E-state index is -0.153. The van der Waals surface area contributed by atoms with Crippen LogP contribution in [0.25, 0.3) is 20.7 Å². The van der Waals surface area contributed by atoms with Crippen LogP contribution >= 0.6 is 22.7 Å². The van der Waals surface area contributed by atoms with E-state index in [1.54, 1.807) is 23.3 Å². The van der Waals surface area contributed by atoms with Crippen molar-refractivity contribution in [2.75, 3.05) is 20.2 Å². The molecular formula is C18H19N3O3S2. The third kappa shape index (κ3) is 3.20. The maximum Gasteiger partial charge on any atom is 0.263 e. The molecule has 0 unspecified atom stereocenters. The minimum absolute atomic E-state index is 0.0269. The van der Waals surface area contributed by atoms with Gasteiger partial charge >= 0.3 is 0 Å². The predicted molar refractivity (Wildman–Crippen MR) is 104 cm³/mol. The molecule has 0 atom stereocenters. The predicted octanol–water partition coefficient (Wildman–Crippen LogP) is 2.82. The zero-order valence-corrected chi connectivity index (χ0v) is 16.0. The number of methoxy groups -OCH3 is 1. The van der Waals surface area contributed by atoms with Crippen LogP contribution in [0.5, 0.6) is 0 Å². The van der Waals surface area contributed by atoms with Gasteiger partial charge in [0.25, 0.3) is 5.56 Å². The van der Waals surface area contributed by atoms with Crippen LogP contribution in [0.2, 0.25) is 0 Å². The molecule has 0 spiro atoms. The van der Waals surface area contributed by atoms with E-state index in [1.165, 1.54) is 22.2 Å². The van der Waals surface area contributed by atoms with Gasteiger partial charge in [-0.25, -0.2) is 4.98 Å². The maximum absolute atomic E-state index is 13.0. The highest BCUT2D eigenvalue weighted by atomic mass is 32.1. The number of piperidine rings is 1. The lowest BCUT2D eigenvalue weighted by Gasteiger charge is -2.31. The van der Waals surface area contributed by atoms with Gasteiger partial charge in [0.05, 0.1) is 17.8 Å². The lowest BCUT2D eigenvalue weighted by Crippen LogP contribution is -2.43. The van der Waals surface area contributed by atoms with Crippen LogP contribution in [0.1, 0.15) is 12.8 Å². The second-order valence-corrected chi connectivity index (χ2v) is 8.11. The third-order valence-corrected chi connectivity index (χ3v) is 6.57. The first kappa shape index (κ1) is 17.4. The highest BCUT2D eigenvalue weighted by Gasteiger charge is 2.23. The molecule has 136 valence electrons. The number of hydrogen-bond donors (Lipinski definition) is 0. The Morgan fingerprint density at radius 2 is 2.15 bits per heavy atom. The molecule has 4 heterocycles. The zero-order chi connectivity index (χ0) is 18.1. The summed E-state index contributed by atoms with van der Waals surface area (Å²) in [6.07, 6.45) is 3.38. The van der Waals surface area contributed by atoms with Gasteiger partial charge in [-0.05, 0) is 24.3 Å². The summed E-state index contributed by atoms with van der Waals surface area (Å²) in [6, 6.07) is 3.96. The molecule has 0 N–H and O–H groups in total. The van der Waals surface area contributed by atoms with Crippen LogP contribution in [0.4, 0.5) is 0 Å². The molecule has 0 aliphatic carbocycles. The van der Waals surface area contributed by atoms with E-state index < -0.39 is 0 Å². The van der Waals surface area contributed by atoms with Crippen LogP contribution in [0.15, 0.2) is 34.0 Å². The summed E-state index contributed by atoms with van der Waals surface area (Å²) >= 11 is 3.05. The van der Waals surface area contributed by atoms with E-state index in [0.717, 1.165) is 23.3 Å². The normalized spacial score (nSPS) is 15.7. The second kappa shape index (κ2) is 7.30. The number of carbonyl (C=O) groups excluding carboxylic acids is 1. The van der Waals surface area contributed by atoms with Crippen LogP contribution in [0.3, 0.4) is 0 Å². The van der Waals surface area contributed by atoms with Gasteiger partial charge in [0.2, 0.25) is 5.91 Å². The molecule has 4 rings (SSSR count). The summed E-state index contributed by atoms with van der Waals surface area (Å²) < 4.78 is 6.77. The summed E-state index contributed by atoms with van der Waals surface area (Å²) in [7, 11) is 1.70. The van der Waals surface area contributed by atoms with Crippen molar-refractivity contribution in [3.05, 3.63) is 39.6 Å². The van der Waals surface area contributed by atoms with Crippen molar-refractivity contribution in [2.45, 2.75) is 25.5 Å². The molecule has 1 fully saturated rings. The monoisotopic (exact) mass is 389 g/mol. The minimum Gasteiger partial charge on any atom is -0.381 e. The summed E-state index contributed by atoms with van der Waals surface area (Å²) in [5.74, 6) is -0.0456. The number of likely N-dealkylation sites (tertiary alicyclic amines) is 1. The average Bonchev–Trinajstić information content (AvgIpc) is 3.33. The molecule has 1 aliphatic heterocycles. The van der Waals surface area contributed by atoms with E-state index in [0.29, 0.717) is 23.3 Å². The summed E-state index contributed by atoms with van der Waals surface area (Å²) in [5, 5.41) is 4.55.